The summed E-state index contributed by atoms with van der Waals surface area (Å²) in [6.07, 6.45) is 0.338. The average molecular weight is 535 g/mol. The predicted octanol–water partition coefficient (Wildman–Crippen LogP) is 1.69. The van der Waals surface area contributed by atoms with Crippen molar-refractivity contribution < 1.29 is 37.6 Å². The molecule has 0 radical (unpaired) electrons. The highest BCUT2D eigenvalue weighted by Gasteiger charge is 2.34. The highest BCUT2D eigenvalue weighted by atomic mass is 19.1. The van der Waals surface area contributed by atoms with E-state index in [9.17, 15) is 19.7 Å². The number of benzene rings is 1. The molecule has 0 bridgehead atoms. The Hall–Kier alpha value is -4.73. The second kappa shape index (κ2) is 11.1. The minimum Gasteiger partial charge on any atom is -0.515 e. The van der Waals surface area contributed by atoms with Gasteiger partial charge in [0.1, 0.15) is 22.6 Å². The molecule has 202 valence electrons. The SMILES string of the molecule is NC(/C=C\O)=NC[C@H]1CN(c2cc(F)c(N3CCNN(C(=O)c4ccc([N+](=O)[O-])o4)CC3)c(F)c2)C(=O)O1. The molecule has 0 saturated carbocycles. The van der Waals surface area contributed by atoms with Gasteiger partial charge in [0, 0.05) is 37.8 Å². The summed E-state index contributed by atoms with van der Waals surface area (Å²) in [7, 11) is 0. The molecular formula is C22H23F2N7O7. The molecule has 0 aliphatic carbocycles. The molecule has 2 saturated heterocycles. The number of hydrazine groups is 1. The normalized spacial score (nSPS) is 18.7. The molecule has 4 N–H and O–H groups in total. The number of nitro groups is 1. The van der Waals surface area contributed by atoms with Gasteiger partial charge in [-0.1, -0.05) is 0 Å². The Balaban J connectivity index is 1.44. The van der Waals surface area contributed by atoms with Gasteiger partial charge in [-0.2, -0.15) is 0 Å². The van der Waals surface area contributed by atoms with E-state index in [1.807, 2.05) is 0 Å². The molecule has 3 heterocycles. The van der Waals surface area contributed by atoms with Crippen molar-refractivity contribution in [2.45, 2.75) is 6.10 Å². The van der Waals surface area contributed by atoms with Crippen LogP contribution in [0.2, 0.25) is 0 Å². The lowest BCUT2D eigenvalue weighted by Gasteiger charge is -2.25. The number of nitrogens with two attached hydrogens (primary N) is 1. The van der Waals surface area contributed by atoms with Crippen molar-refractivity contribution in [3.05, 3.63) is 64.1 Å². The van der Waals surface area contributed by atoms with Crippen LogP contribution in [0.25, 0.3) is 0 Å². The molecule has 2 aromatic rings. The zero-order chi connectivity index (χ0) is 27.4. The lowest BCUT2D eigenvalue weighted by molar-refractivity contribution is -0.402. The fourth-order valence-corrected chi connectivity index (χ4v) is 3.98. The van der Waals surface area contributed by atoms with Gasteiger partial charge >= 0.3 is 17.9 Å². The fourth-order valence-electron chi connectivity index (χ4n) is 3.98. The number of halogens is 2. The van der Waals surface area contributed by atoms with Crippen LogP contribution in [0.4, 0.5) is 30.8 Å². The monoisotopic (exact) mass is 535 g/mol. The van der Waals surface area contributed by atoms with Gasteiger partial charge in [-0.25, -0.2) is 19.0 Å². The van der Waals surface area contributed by atoms with Crippen LogP contribution in [0.5, 0.6) is 0 Å². The molecule has 0 spiro atoms. The van der Waals surface area contributed by atoms with Gasteiger partial charge in [0.25, 0.3) is 0 Å². The lowest BCUT2D eigenvalue weighted by Crippen LogP contribution is -2.43. The number of ether oxygens (including phenoxy) is 1. The number of rotatable bonds is 7. The van der Waals surface area contributed by atoms with Crippen LogP contribution in [0, 0.1) is 21.7 Å². The number of anilines is 2. The van der Waals surface area contributed by atoms with E-state index in [4.69, 9.17) is 20.0 Å². The molecule has 4 rings (SSSR count). The van der Waals surface area contributed by atoms with E-state index in [0.29, 0.717) is 6.26 Å². The number of aliphatic hydroxyl groups is 1. The molecule has 0 unspecified atom stereocenters. The average Bonchev–Trinajstić information content (AvgIpc) is 3.43. The van der Waals surface area contributed by atoms with Crippen LogP contribution in [-0.4, -0.2) is 78.2 Å². The Morgan fingerprint density at radius 3 is 2.68 bits per heavy atom. The van der Waals surface area contributed by atoms with Crippen LogP contribution >= 0.6 is 0 Å². The minimum absolute atomic E-state index is 0.0107. The first-order valence-electron chi connectivity index (χ1n) is 11.3. The van der Waals surface area contributed by atoms with Crippen molar-refractivity contribution in [1.29, 1.82) is 0 Å². The second-order valence-electron chi connectivity index (χ2n) is 8.20. The lowest BCUT2D eigenvalue weighted by atomic mass is 10.2. The number of nitrogens with zero attached hydrogens (tertiary/aromatic N) is 5. The first-order valence-corrected chi connectivity index (χ1v) is 11.3. The summed E-state index contributed by atoms with van der Waals surface area (Å²) in [6, 6.07) is 4.25. The highest BCUT2D eigenvalue weighted by molar-refractivity contribution is 5.92. The van der Waals surface area contributed by atoms with Gasteiger partial charge in [0.05, 0.1) is 37.7 Å². The molecule has 1 aromatic heterocycles. The summed E-state index contributed by atoms with van der Waals surface area (Å²) in [6.45, 7) is 0.248. The Morgan fingerprint density at radius 1 is 1.29 bits per heavy atom. The van der Waals surface area contributed by atoms with E-state index < -0.39 is 40.5 Å². The number of amidine groups is 1. The standard InChI is InChI=1S/C22H23F2N7O7/c23-15-9-13(29-12-14(37-22(29)34)11-26-18(25)3-8-32)10-16(24)20(15)28-5-4-27-30(7-6-28)21(33)17-1-2-19(38-17)31(35)36/h1-3,8-10,14,27,32H,4-7,11-12H2,(H2,25,26)/b8-3-/t14-/m0/s1. The Labute approximate surface area is 213 Å². The number of furan rings is 1. The number of amides is 2. The van der Waals surface area contributed by atoms with E-state index in [1.165, 1.54) is 11.0 Å². The summed E-state index contributed by atoms with van der Waals surface area (Å²) in [4.78, 5) is 41.4. The summed E-state index contributed by atoms with van der Waals surface area (Å²) >= 11 is 0. The van der Waals surface area contributed by atoms with Gasteiger partial charge in [0.2, 0.25) is 5.76 Å². The number of hydrogen-bond donors (Lipinski definition) is 3. The topological polar surface area (TPSA) is 180 Å². The third-order valence-corrected chi connectivity index (χ3v) is 5.73. The summed E-state index contributed by atoms with van der Waals surface area (Å²) in [5, 5.41) is 20.6. The number of nitrogens with one attached hydrogen (secondary N) is 1. The summed E-state index contributed by atoms with van der Waals surface area (Å²) in [5.74, 6) is -3.34. The Bertz CT molecular complexity index is 1280. The molecular weight excluding hydrogens is 512 g/mol. The molecule has 2 fully saturated rings. The summed E-state index contributed by atoms with van der Waals surface area (Å²) < 4.78 is 40.4. The Morgan fingerprint density at radius 2 is 2.03 bits per heavy atom. The number of carbonyl (C=O) groups is 2. The second-order valence-corrected chi connectivity index (χ2v) is 8.20. The van der Waals surface area contributed by atoms with Crippen molar-refractivity contribution in [3.8, 4) is 0 Å². The van der Waals surface area contributed by atoms with Crippen molar-refractivity contribution in [1.82, 2.24) is 10.4 Å². The highest BCUT2D eigenvalue weighted by Crippen LogP contribution is 2.31. The van der Waals surface area contributed by atoms with E-state index in [0.717, 1.165) is 34.2 Å². The summed E-state index contributed by atoms with van der Waals surface area (Å²) in [5.41, 5.74) is 7.96. The molecule has 2 amide bonds. The molecule has 1 aromatic carbocycles. The van der Waals surface area contributed by atoms with Crippen molar-refractivity contribution in [2.24, 2.45) is 10.7 Å². The van der Waals surface area contributed by atoms with Crippen LogP contribution < -0.4 is 21.0 Å². The van der Waals surface area contributed by atoms with Crippen molar-refractivity contribution in [2.75, 3.05) is 49.1 Å². The molecule has 16 heteroatoms. The molecule has 14 nitrogen and oxygen atoms in total. The van der Waals surface area contributed by atoms with E-state index in [1.54, 1.807) is 0 Å². The van der Waals surface area contributed by atoms with Gasteiger partial charge < -0.3 is 24.9 Å². The molecule has 2 aliphatic heterocycles. The van der Waals surface area contributed by atoms with Gasteiger partial charge in [-0.05, 0) is 6.07 Å². The van der Waals surface area contributed by atoms with Gasteiger partial charge in [0.15, 0.2) is 11.6 Å². The van der Waals surface area contributed by atoms with Crippen LogP contribution in [0.1, 0.15) is 10.6 Å². The molecule has 38 heavy (non-hydrogen) atoms. The first-order chi connectivity index (χ1) is 18.2. The largest absolute Gasteiger partial charge is 0.515 e. The third-order valence-electron chi connectivity index (χ3n) is 5.73. The zero-order valence-corrected chi connectivity index (χ0v) is 19.8. The first kappa shape index (κ1) is 26.3. The quantitative estimate of drug-likeness (QED) is 0.155. The number of hydrogen-bond acceptors (Lipinski definition) is 10. The maximum absolute atomic E-state index is 15.1. The maximum Gasteiger partial charge on any atom is 0.433 e. The fraction of sp³-hybridized carbons (Fsp3) is 0.318. The van der Waals surface area contributed by atoms with E-state index >= 15 is 8.78 Å². The van der Waals surface area contributed by atoms with E-state index in [-0.39, 0.29) is 62.2 Å². The zero-order valence-electron chi connectivity index (χ0n) is 19.8. The number of carbonyl (C=O) groups excluding carboxylic acids is 2. The molecule has 1 atom stereocenters. The van der Waals surface area contributed by atoms with E-state index in [2.05, 4.69) is 10.4 Å². The van der Waals surface area contributed by atoms with Crippen LogP contribution in [0.3, 0.4) is 0 Å². The van der Waals surface area contributed by atoms with Gasteiger partial charge in [-0.3, -0.25) is 29.8 Å². The number of aliphatic imine (C=N–C) groups is 1. The van der Waals surface area contributed by atoms with Crippen molar-refractivity contribution in [3.63, 3.8) is 0 Å². The van der Waals surface area contributed by atoms with Crippen LogP contribution in [-0.2, 0) is 4.74 Å². The third kappa shape index (κ3) is 5.64. The Kier molecular flexibility index (Phi) is 7.71. The minimum atomic E-state index is -0.923. The number of aliphatic hydroxyl groups excluding tert-OH is 1. The van der Waals surface area contributed by atoms with Crippen molar-refractivity contribution >= 4 is 35.1 Å². The number of cyclic esters (lactones) is 1. The van der Waals surface area contributed by atoms with Gasteiger partial charge in [-0.15, -0.1) is 0 Å². The smallest absolute Gasteiger partial charge is 0.433 e. The maximum atomic E-state index is 15.1. The predicted molar refractivity (Wildman–Crippen MR) is 129 cm³/mol. The van der Waals surface area contributed by atoms with Crippen LogP contribution in [0.15, 0.2) is 46.0 Å². The molecule has 2 aliphatic rings.